The van der Waals surface area contributed by atoms with Crippen molar-refractivity contribution in [3.05, 3.63) is 70.1 Å². The van der Waals surface area contributed by atoms with E-state index in [1.165, 1.54) is 11.3 Å². The molecular formula is C20H18N4O2S. The summed E-state index contributed by atoms with van der Waals surface area (Å²) >= 11 is 1.28. The van der Waals surface area contributed by atoms with Crippen molar-refractivity contribution >= 4 is 33.8 Å². The predicted molar refractivity (Wildman–Crippen MR) is 107 cm³/mol. The van der Waals surface area contributed by atoms with Gasteiger partial charge < -0.3 is 15.3 Å². The lowest BCUT2D eigenvalue weighted by molar-refractivity contribution is 0.104. The molecular weight excluding hydrogens is 360 g/mol. The highest BCUT2D eigenvalue weighted by atomic mass is 32.1. The molecule has 6 nitrogen and oxygen atoms in total. The van der Waals surface area contributed by atoms with E-state index in [0.29, 0.717) is 27.0 Å². The van der Waals surface area contributed by atoms with Crippen LogP contribution in [0.25, 0.3) is 0 Å². The third-order valence-corrected chi connectivity index (χ3v) is 4.86. The molecule has 0 atom stereocenters. The van der Waals surface area contributed by atoms with E-state index in [4.69, 9.17) is 10.4 Å². The maximum atomic E-state index is 12.9. The molecule has 0 radical (unpaired) electrons. The molecule has 0 unspecified atom stereocenters. The minimum atomic E-state index is -0.135. The van der Waals surface area contributed by atoms with Crippen LogP contribution in [-0.2, 0) is 6.61 Å². The van der Waals surface area contributed by atoms with Gasteiger partial charge in [-0.3, -0.25) is 4.79 Å². The Kier molecular flexibility index (Phi) is 5.50. The van der Waals surface area contributed by atoms with Crippen molar-refractivity contribution in [3.63, 3.8) is 0 Å². The standard InChI is InChI=1S/C20H18N4O2S/c1-24(2)19-18(17(26)15-7-3-13(11-21)4-8-15)27-20(23-19)22-16-9-5-14(12-25)6-10-16/h3-10,25H,12H2,1-2H3,(H,22,23). The van der Waals surface area contributed by atoms with Crippen LogP contribution >= 0.6 is 11.3 Å². The zero-order valence-electron chi connectivity index (χ0n) is 14.9. The zero-order chi connectivity index (χ0) is 19.4. The minimum absolute atomic E-state index is 0.00838. The van der Waals surface area contributed by atoms with Crippen LogP contribution in [0.15, 0.2) is 48.5 Å². The van der Waals surface area contributed by atoms with Crippen LogP contribution in [-0.4, -0.2) is 30.0 Å². The Balaban J connectivity index is 1.90. The topological polar surface area (TPSA) is 89.2 Å². The number of nitriles is 1. The van der Waals surface area contributed by atoms with Gasteiger partial charge in [0, 0.05) is 25.3 Å². The first-order valence-corrected chi connectivity index (χ1v) is 9.03. The monoisotopic (exact) mass is 378 g/mol. The van der Waals surface area contributed by atoms with Gasteiger partial charge in [-0.05, 0) is 42.0 Å². The lowest BCUT2D eigenvalue weighted by Gasteiger charge is -2.10. The SMILES string of the molecule is CN(C)c1nc(Nc2ccc(CO)cc2)sc1C(=O)c1ccc(C#N)cc1. The highest BCUT2D eigenvalue weighted by molar-refractivity contribution is 7.18. The number of anilines is 3. The number of carbonyl (C=O) groups is 1. The Morgan fingerprint density at radius 2 is 1.85 bits per heavy atom. The van der Waals surface area contributed by atoms with Crippen molar-refractivity contribution in [3.8, 4) is 6.07 Å². The highest BCUT2D eigenvalue weighted by Crippen LogP contribution is 2.32. The van der Waals surface area contributed by atoms with E-state index < -0.39 is 0 Å². The van der Waals surface area contributed by atoms with Gasteiger partial charge in [0.15, 0.2) is 10.9 Å². The Labute approximate surface area is 161 Å². The highest BCUT2D eigenvalue weighted by Gasteiger charge is 2.21. The first kappa shape index (κ1) is 18.6. The number of thiazole rings is 1. The second-order valence-corrected chi connectivity index (χ2v) is 7.06. The summed E-state index contributed by atoms with van der Waals surface area (Å²) in [6, 6.07) is 16.0. The number of nitrogens with one attached hydrogen (secondary N) is 1. The number of hydrogen-bond donors (Lipinski definition) is 2. The molecule has 0 aliphatic heterocycles. The summed E-state index contributed by atoms with van der Waals surface area (Å²) in [5.74, 6) is 0.452. The van der Waals surface area contributed by atoms with Crippen LogP contribution in [0.4, 0.5) is 16.6 Å². The van der Waals surface area contributed by atoms with Crippen LogP contribution in [0.2, 0.25) is 0 Å². The van der Waals surface area contributed by atoms with Crippen molar-refractivity contribution in [1.82, 2.24) is 4.98 Å². The first-order chi connectivity index (χ1) is 13.0. The molecule has 0 saturated heterocycles. The molecule has 0 aliphatic rings. The van der Waals surface area contributed by atoms with Gasteiger partial charge in [0.1, 0.15) is 4.88 Å². The van der Waals surface area contributed by atoms with Crippen LogP contribution < -0.4 is 10.2 Å². The lowest BCUT2D eigenvalue weighted by Crippen LogP contribution is -2.13. The largest absolute Gasteiger partial charge is 0.392 e. The normalized spacial score (nSPS) is 10.3. The molecule has 0 fully saturated rings. The van der Waals surface area contributed by atoms with Crippen molar-refractivity contribution in [2.24, 2.45) is 0 Å². The fraction of sp³-hybridized carbons (Fsp3) is 0.150. The second-order valence-electron chi connectivity index (χ2n) is 6.06. The summed E-state index contributed by atoms with van der Waals surface area (Å²) in [5, 5.41) is 21.8. The maximum Gasteiger partial charge on any atom is 0.206 e. The van der Waals surface area contributed by atoms with Gasteiger partial charge >= 0.3 is 0 Å². The van der Waals surface area contributed by atoms with Gasteiger partial charge in [-0.2, -0.15) is 5.26 Å². The van der Waals surface area contributed by atoms with Crippen molar-refractivity contribution in [2.75, 3.05) is 24.3 Å². The van der Waals surface area contributed by atoms with Crippen LogP contribution in [0.1, 0.15) is 26.4 Å². The molecule has 1 aromatic heterocycles. The predicted octanol–water partition coefficient (Wildman–Crippen LogP) is 3.55. The number of hydrogen-bond acceptors (Lipinski definition) is 7. The molecule has 0 bridgehead atoms. The summed E-state index contributed by atoms with van der Waals surface area (Å²) in [4.78, 5) is 19.8. The van der Waals surface area contributed by atoms with Gasteiger partial charge in [-0.1, -0.05) is 23.5 Å². The molecule has 2 aromatic carbocycles. The zero-order valence-corrected chi connectivity index (χ0v) is 15.7. The van der Waals surface area contributed by atoms with Gasteiger partial charge in [-0.15, -0.1) is 0 Å². The lowest BCUT2D eigenvalue weighted by atomic mass is 10.1. The fourth-order valence-electron chi connectivity index (χ4n) is 2.46. The number of benzene rings is 2. The van der Waals surface area contributed by atoms with E-state index in [1.807, 2.05) is 44.4 Å². The molecule has 0 amide bonds. The fourth-order valence-corrected chi connectivity index (χ4v) is 3.49. The molecule has 0 spiro atoms. The van der Waals surface area contributed by atoms with Crippen LogP contribution in [0.5, 0.6) is 0 Å². The van der Waals surface area contributed by atoms with E-state index in [1.54, 1.807) is 29.2 Å². The summed E-state index contributed by atoms with van der Waals surface area (Å²) in [5.41, 5.74) is 2.67. The Hall–Kier alpha value is -3.21. The van der Waals surface area contributed by atoms with Crippen molar-refractivity contribution in [2.45, 2.75) is 6.61 Å². The van der Waals surface area contributed by atoms with E-state index in [2.05, 4.69) is 10.3 Å². The van der Waals surface area contributed by atoms with Crippen LogP contribution in [0.3, 0.4) is 0 Å². The number of rotatable bonds is 6. The van der Waals surface area contributed by atoms with E-state index in [0.717, 1.165) is 11.3 Å². The van der Waals surface area contributed by atoms with E-state index in [-0.39, 0.29) is 12.4 Å². The maximum absolute atomic E-state index is 12.9. The number of aliphatic hydroxyl groups excluding tert-OH is 1. The van der Waals surface area contributed by atoms with Crippen molar-refractivity contribution in [1.29, 1.82) is 5.26 Å². The third kappa shape index (κ3) is 4.14. The summed E-state index contributed by atoms with van der Waals surface area (Å²) in [7, 11) is 3.68. The molecule has 7 heteroatoms. The molecule has 0 aliphatic carbocycles. The van der Waals surface area contributed by atoms with Crippen LogP contribution in [0, 0.1) is 11.3 Å². The number of ketones is 1. The quantitative estimate of drug-likeness (QED) is 0.638. The molecule has 2 N–H and O–H groups in total. The average molecular weight is 378 g/mol. The van der Waals surface area contributed by atoms with Gasteiger partial charge in [0.2, 0.25) is 5.78 Å². The Morgan fingerprint density at radius 1 is 1.19 bits per heavy atom. The van der Waals surface area contributed by atoms with Crippen molar-refractivity contribution < 1.29 is 9.90 Å². The summed E-state index contributed by atoms with van der Waals surface area (Å²) in [6.07, 6.45) is 0. The molecule has 1 heterocycles. The van der Waals surface area contributed by atoms with E-state index in [9.17, 15) is 4.79 Å². The third-order valence-electron chi connectivity index (χ3n) is 3.90. The molecule has 0 saturated carbocycles. The number of aliphatic hydroxyl groups is 1. The minimum Gasteiger partial charge on any atom is -0.392 e. The number of nitrogens with zero attached hydrogens (tertiary/aromatic N) is 3. The Morgan fingerprint density at radius 3 is 2.41 bits per heavy atom. The molecule has 3 rings (SSSR count). The van der Waals surface area contributed by atoms with Gasteiger partial charge in [0.25, 0.3) is 0 Å². The molecule has 27 heavy (non-hydrogen) atoms. The smallest absolute Gasteiger partial charge is 0.206 e. The number of aromatic nitrogens is 1. The number of carbonyl (C=O) groups excluding carboxylic acids is 1. The average Bonchev–Trinajstić information content (AvgIpc) is 3.12. The molecule has 136 valence electrons. The first-order valence-electron chi connectivity index (χ1n) is 8.21. The Bertz CT molecular complexity index is 986. The summed E-state index contributed by atoms with van der Waals surface area (Å²) < 4.78 is 0. The summed E-state index contributed by atoms with van der Waals surface area (Å²) in [6.45, 7) is -0.00838. The van der Waals surface area contributed by atoms with Gasteiger partial charge in [-0.25, -0.2) is 4.98 Å². The molecule has 3 aromatic rings. The second kappa shape index (κ2) is 7.99. The van der Waals surface area contributed by atoms with E-state index >= 15 is 0 Å². The van der Waals surface area contributed by atoms with Gasteiger partial charge in [0.05, 0.1) is 18.2 Å².